The van der Waals surface area contributed by atoms with Gasteiger partial charge in [-0.3, -0.25) is 0 Å². The van der Waals surface area contributed by atoms with Crippen LogP contribution in [0.25, 0.3) is 88.7 Å². The molecule has 0 saturated heterocycles. The molecule has 1 heteroatoms. The first-order chi connectivity index (χ1) is 33.2. The third kappa shape index (κ3) is 6.30. The second kappa shape index (κ2) is 15.3. The summed E-state index contributed by atoms with van der Waals surface area (Å²) in [7, 11) is 0. The van der Waals surface area contributed by atoms with Crippen LogP contribution in [0.3, 0.4) is 0 Å². The number of rotatable bonds is 7. The molecule has 68 heavy (non-hydrogen) atoms. The largest absolute Gasteiger partial charge is 0.455 e. The molecule has 0 aliphatic heterocycles. The maximum absolute atomic E-state index is 6.52. The van der Waals surface area contributed by atoms with Gasteiger partial charge in [0, 0.05) is 33.1 Å². The van der Waals surface area contributed by atoms with Crippen molar-refractivity contribution in [3.63, 3.8) is 0 Å². The van der Waals surface area contributed by atoms with Gasteiger partial charge in [0.2, 0.25) is 0 Å². The minimum atomic E-state index is -0.182. The Bertz CT molecular complexity index is 3640. The molecule has 0 fully saturated rings. The van der Waals surface area contributed by atoms with Gasteiger partial charge in [0.15, 0.2) is 0 Å². The van der Waals surface area contributed by atoms with Crippen molar-refractivity contribution in [1.82, 2.24) is 0 Å². The molecule has 2 aliphatic rings. The molecule has 1 aromatic heterocycles. The van der Waals surface area contributed by atoms with Crippen LogP contribution in [-0.2, 0) is 10.8 Å². The van der Waals surface area contributed by atoms with Crippen LogP contribution >= 0.6 is 0 Å². The molecule has 0 atom stereocenters. The van der Waals surface area contributed by atoms with E-state index in [0.29, 0.717) is 0 Å². The molecule has 0 spiro atoms. The van der Waals surface area contributed by atoms with Crippen molar-refractivity contribution < 1.29 is 4.42 Å². The van der Waals surface area contributed by atoms with Crippen LogP contribution in [0.5, 0.6) is 0 Å². The lowest BCUT2D eigenvalue weighted by Gasteiger charge is -2.27. The Morgan fingerprint density at radius 3 is 1.32 bits per heavy atom. The first-order valence-corrected chi connectivity index (χ1v) is 24.0. The quantitative estimate of drug-likeness (QED) is 0.145. The normalized spacial score (nSPS) is 14.0. The molecule has 10 aromatic carbocycles. The Kier molecular flexibility index (Phi) is 9.05. The van der Waals surface area contributed by atoms with Gasteiger partial charge in [0.05, 0.1) is 0 Å². The monoisotopic (exact) mass is 870 g/mol. The molecule has 11 aromatic rings. The van der Waals surface area contributed by atoms with E-state index >= 15 is 0 Å². The molecule has 0 unspecified atom stereocenters. The van der Waals surface area contributed by atoms with Crippen LogP contribution in [0, 0.1) is 0 Å². The van der Waals surface area contributed by atoms with Gasteiger partial charge in [0.1, 0.15) is 11.2 Å². The summed E-state index contributed by atoms with van der Waals surface area (Å²) in [5.74, 6) is -0.0168. The van der Waals surface area contributed by atoms with Gasteiger partial charge in [-0.1, -0.05) is 228 Å². The maximum atomic E-state index is 6.52. The third-order valence-electron chi connectivity index (χ3n) is 15.4. The second-order valence-electron chi connectivity index (χ2n) is 20.0. The topological polar surface area (TPSA) is 13.1 Å². The van der Waals surface area contributed by atoms with Crippen LogP contribution < -0.4 is 0 Å². The number of furan rings is 1. The zero-order valence-corrected chi connectivity index (χ0v) is 38.8. The van der Waals surface area contributed by atoms with E-state index in [1.807, 2.05) is 6.07 Å². The van der Waals surface area contributed by atoms with E-state index in [1.165, 1.54) is 94.6 Å². The van der Waals surface area contributed by atoms with E-state index in [-0.39, 0.29) is 16.7 Å². The summed E-state index contributed by atoms with van der Waals surface area (Å²) in [4.78, 5) is 0. The molecule has 0 saturated carbocycles. The second-order valence-corrected chi connectivity index (χ2v) is 20.0. The van der Waals surface area contributed by atoms with Crippen molar-refractivity contribution >= 4 is 21.9 Å². The zero-order valence-electron chi connectivity index (χ0n) is 38.8. The van der Waals surface area contributed by atoms with Gasteiger partial charge in [-0.2, -0.15) is 0 Å². The molecule has 1 nitrogen and oxygen atoms in total. The smallest absolute Gasteiger partial charge is 0.143 e. The summed E-state index contributed by atoms with van der Waals surface area (Å²) >= 11 is 0. The molecular weight excluding hydrogens is 821 g/mol. The predicted octanol–water partition coefficient (Wildman–Crippen LogP) is 18.0. The average Bonchev–Trinajstić information content (AvgIpc) is 3.96. The zero-order chi connectivity index (χ0) is 45.7. The lowest BCUT2D eigenvalue weighted by atomic mass is 9.76. The molecular formula is C67H50O. The van der Waals surface area contributed by atoms with Crippen LogP contribution in [0.4, 0.5) is 0 Å². The fourth-order valence-electron chi connectivity index (χ4n) is 11.8. The highest BCUT2D eigenvalue weighted by molar-refractivity contribution is 6.09. The maximum Gasteiger partial charge on any atom is 0.143 e. The van der Waals surface area contributed by atoms with E-state index in [4.69, 9.17) is 4.42 Å². The lowest BCUT2D eigenvalue weighted by Crippen LogP contribution is -2.17. The average molecular weight is 871 g/mol. The van der Waals surface area contributed by atoms with Crippen LogP contribution in [-0.4, -0.2) is 0 Å². The summed E-state index contributed by atoms with van der Waals surface area (Å²) in [5, 5.41) is 2.29. The van der Waals surface area contributed by atoms with Gasteiger partial charge in [0.25, 0.3) is 0 Å². The van der Waals surface area contributed by atoms with Crippen molar-refractivity contribution in [2.75, 3.05) is 0 Å². The predicted molar refractivity (Wildman–Crippen MR) is 284 cm³/mol. The van der Waals surface area contributed by atoms with E-state index in [9.17, 15) is 0 Å². The van der Waals surface area contributed by atoms with Gasteiger partial charge in [-0.25, -0.2) is 0 Å². The van der Waals surface area contributed by atoms with Crippen molar-refractivity contribution in [2.24, 2.45) is 0 Å². The van der Waals surface area contributed by atoms with E-state index < -0.39 is 0 Å². The third-order valence-corrected chi connectivity index (χ3v) is 15.4. The molecule has 13 rings (SSSR count). The molecule has 0 N–H and O–H groups in total. The van der Waals surface area contributed by atoms with E-state index in [2.05, 4.69) is 246 Å². The fraction of sp³-hybridized carbons (Fsp3) is 0.104. The summed E-state index contributed by atoms with van der Waals surface area (Å²) in [6.07, 6.45) is 0. The Labute approximate surface area is 399 Å². The van der Waals surface area contributed by atoms with Gasteiger partial charge < -0.3 is 4.42 Å². The molecule has 0 radical (unpaired) electrons. The molecule has 0 bridgehead atoms. The lowest BCUT2D eigenvalue weighted by molar-refractivity contribution is 0.657. The Balaban J connectivity index is 0.941. The molecule has 324 valence electrons. The summed E-state index contributed by atoms with van der Waals surface area (Å²) < 4.78 is 6.52. The highest BCUT2D eigenvalue weighted by Crippen LogP contribution is 2.53. The van der Waals surface area contributed by atoms with E-state index in [0.717, 1.165) is 33.1 Å². The standard InChI is InChI=1S/C67H50O/c1-66(2)59-38-46(42-16-7-5-8-17-42)28-32-53(59)55-34-30-50(40-61(55)66)64(51-31-35-56-54-33-29-47(43-18-9-6-10-19-43)39-60(54)67(3,4)62(56)41-51)49-23-14-21-45(37-49)44-20-13-22-48(36-44)52-25-15-26-58-57-24-11-12-27-63(57)68-65(52)58/h5-41,64H,1-4H3. The van der Waals surface area contributed by atoms with Crippen molar-refractivity contribution in [3.05, 3.63) is 263 Å². The number of hydrogen-bond donors (Lipinski definition) is 0. The Morgan fingerprint density at radius 2 is 0.721 bits per heavy atom. The highest BCUT2D eigenvalue weighted by atomic mass is 16.3. The summed E-state index contributed by atoms with van der Waals surface area (Å²) in [6.45, 7) is 9.63. The van der Waals surface area contributed by atoms with Gasteiger partial charge in [-0.15, -0.1) is 0 Å². The van der Waals surface area contributed by atoms with Gasteiger partial charge >= 0.3 is 0 Å². The van der Waals surface area contributed by atoms with Crippen molar-refractivity contribution in [1.29, 1.82) is 0 Å². The summed E-state index contributed by atoms with van der Waals surface area (Å²) in [6, 6.07) is 83.4. The van der Waals surface area contributed by atoms with Crippen molar-refractivity contribution in [3.8, 4) is 66.8 Å². The minimum Gasteiger partial charge on any atom is -0.455 e. The highest BCUT2D eigenvalue weighted by Gasteiger charge is 2.39. The number of para-hydroxylation sites is 2. The van der Waals surface area contributed by atoms with Crippen LogP contribution in [0.1, 0.15) is 72.6 Å². The Morgan fingerprint density at radius 1 is 0.294 bits per heavy atom. The first kappa shape index (κ1) is 40.3. The number of benzene rings is 10. The summed E-state index contributed by atoms with van der Waals surface area (Å²) in [5.41, 5.74) is 25.8. The molecule has 0 amide bonds. The Hall–Kier alpha value is -8.00. The fourth-order valence-corrected chi connectivity index (χ4v) is 11.8. The van der Waals surface area contributed by atoms with E-state index in [1.54, 1.807) is 0 Å². The van der Waals surface area contributed by atoms with Gasteiger partial charge in [-0.05, 0) is 124 Å². The number of hydrogen-bond acceptors (Lipinski definition) is 1. The number of fused-ring (bicyclic) bond motifs is 9. The van der Waals surface area contributed by atoms with Crippen molar-refractivity contribution in [2.45, 2.75) is 44.4 Å². The SMILES string of the molecule is CC1(C)c2cc(-c3ccccc3)ccc2-c2ccc(C(c3cccc(-c4cccc(-c5cccc6c5oc5ccccc56)c4)c3)c3ccc4c(c3)C(C)(C)c3cc(-c5ccccc5)ccc3-4)cc21. The molecule has 2 aliphatic carbocycles. The first-order valence-electron chi connectivity index (χ1n) is 24.0. The minimum absolute atomic E-state index is 0.0168. The van der Waals surface area contributed by atoms with Crippen LogP contribution in [0.15, 0.2) is 229 Å². The van der Waals surface area contributed by atoms with Crippen LogP contribution in [0.2, 0.25) is 0 Å². The molecule has 1 heterocycles.